The van der Waals surface area contributed by atoms with Crippen molar-refractivity contribution < 1.29 is 9.50 Å². The smallest absolute Gasteiger partial charge is 0.214 e. The number of halogens is 1. The Kier molecular flexibility index (Phi) is 4.32. The summed E-state index contributed by atoms with van der Waals surface area (Å²) in [5, 5.41) is 12.5. The molecule has 31 heavy (non-hydrogen) atoms. The van der Waals surface area contributed by atoms with Crippen LogP contribution in [0, 0.1) is 10.6 Å². The average Bonchev–Trinajstić information content (AvgIpc) is 3.29. The molecular weight excluding hydrogens is 409 g/mol. The summed E-state index contributed by atoms with van der Waals surface area (Å²) < 4.78 is 18.4. The van der Waals surface area contributed by atoms with Gasteiger partial charge in [-0.3, -0.25) is 4.57 Å². The van der Waals surface area contributed by atoms with E-state index in [4.69, 9.17) is 12.2 Å². The summed E-state index contributed by atoms with van der Waals surface area (Å²) in [6.07, 6.45) is 6.27. The molecule has 3 heterocycles. The number of hydrogen-bond acceptors (Lipinski definition) is 2. The minimum Gasteiger partial charge on any atom is -0.493 e. The van der Waals surface area contributed by atoms with Crippen LogP contribution in [0.1, 0.15) is 66.7 Å². The molecular formula is C25H24FN3OS. The van der Waals surface area contributed by atoms with Crippen molar-refractivity contribution in [2.45, 2.75) is 50.6 Å². The molecule has 0 amide bonds. The van der Waals surface area contributed by atoms with Crippen LogP contribution in [0.2, 0.25) is 0 Å². The Morgan fingerprint density at radius 2 is 1.71 bits per heavy atom. The molecule has 1 atom stereocenters. The van der Waals surface area contributed by atoms with Gasteiger partial charge in [-0.1, -0.05) is 49.6 Å². The monoisotopic (exact) mass is 433 g/mol. The number of H-pyrrole nitrogens is 1. The fourth-order valence-electron chi connectivity index (χ4n) is 5.57. The van der Waals surface area contributed by atoms with Crippen LogP contribution < -0.4 is 0 Å². The molecule has 0 spiro atoms. The van der Waals surface area contributed by atoms with E-state index in [1.54, 1.807) is 0 Å². The molecule has 1 fully saturated rings. The lowest BCUT2D eigenvalue weighted by Gasteiger charge is -2.27. The number of benzene rings is 2. The Bertz CT molecular complexity index is 1340. The van der Waals surface area contributed by atoms with Gasteiger partial charge in [0.05, 0.1) is 5.69 Å². The fourth-order valence-corrected chi connectivity index (χ4v) is 6.02. The van der Waals surface area contributed by atoms with E-state index in [2.05, 4.69) is 21.7 Å². The Morgan fingerprint density at radius 3 is 2.48 bits per heavy atom. The lowest BCUT2D eigenvalue weighted by molar-refractivity contribution is 0.309. The molecule has 4 nitrogen and oxygen atoms in total. The van der Waals surface area contributed by atoms with Crippen LogP contribution in [-0.2, 0) is 6.42 Å². The summed E-state index contributed by atoms with van der Waals surface area (Å²) in [5.41, 5.74) is 5.11. The van der Waals surface area contributed by atoms with Crippen molar-refractivity contribution >= 4 is 23.1 Å². The minimum absolute atomic E-state index is 0.227. The lowest BCUT2D eigenvalue weighted by Crippen LogP contribution is -2.22. The summed E-state index contributed by atoms with van der Waals surface area (Å²) in [6.45, 7) is 0. The number of hydrogen-bond donors (Lipinski definition) is 2. The highest BCUT2D eigenvalue weighted by molar-refractivity contribution is 7.71. The van der Waals surface area contributed by atoms with E-state index in [-0.39, 0.29) is 17.9 Å². The van der Waals surface area contributed by atoms with Crippen molar-refractivity contribution in [3.05, 3.63) is 81.6 Å². The number of nitrogens with zero attached hydrogens (tertiary/aromatic N) is 2. The molecule has 1 aliphatic carbocycles. The number of imidazole rings is 1. The maximum absolute atomic E-state index is 13.7. The van der Waals surface area contributed by atoms with Gasteiger partial charge >= 0.3 is 0 Å². The number of fused-ring (bicyclic) bond motifs is 4. The van der Waals surface area contributed by atoms with Crippen molar-refractivity contribution in [2.24, 2.45) is 0 Å². The first-order valence-electron chi connectivity index (χ1n) is 11.0. The standard InChI is InChI=1S/C25H24FN3OS/c26-16-12-10-15(11-13-16)23-22-19(18-8-4-5-9-20(18)27-22)14-21-24(30)28(25(31)29(21)23)17-6-2-1-3-7-17/h4-5,8-13,17,23,27,30H,1-3,6-7,14H2. The third-order valence-corrected chi connectivity index (χ3v) is 7.43. The van der Waals surface area contributed by atoms with Crippen LogP contribution in [0.25, 0.3) is 10.9 Å². The van der Waals surface area contributed by atoms with Gasteiger partial charge in [0, 0.05) is 29.1 Å². The topological polar surface area (TPSA) is 45.9 Å². The molecule has 2 aromatic carbocycles. The number of aromatic amines is 1. The lowest BCUT2D eigenvalue weighted by atomic mass is 9.93. The third kappa shape index (κ3) is 2.81. The molecule has 1 saturated carbocycles. The first-order chi connectivity index (χ1) is 15.1. The van der Waals surface area contributed by atoms with Crippen molar-refractivity contribution in [3.8, 4) is 5.88 Å². The number of aromatic nitrogens is 3. The van der Waals surface area contributed by atoms with E-state index in [1.165, 1.54) is 24.1 Å². The normalized spacial score (nSPS) is 18.8. The Balaban J connectivity index is 1.62. The van der Waals surface area contributed by atoms with Gasteiger partial charge in [-0.25, -0.2) is 4.39 Å². The van der Waals surface area contributed by atoms with Crippen LogP contribution in [-0.4, -0.2) is 19.2 Å². The average molecular weight is 434 g/mol. The van der Waals surface area contributed by atoms with Gasteiger partial charge in [0.25, 0.3) is 0 Å². The minimum atomic E-state index is -0.261. The van der Waals surface area contributed by atoms with Crippen LogP contribution in [0.15, 0.2) is 48.5 Å². The number of nitrogens with one attached hydrogen (secondary N) is 1. The van der Waals surface area contributed by atoms with E-state index >= 15 is 0 Å². The van der Waals surface area contributed by atoms with Crippen LogP contribution >= 0.6 is 12.2 Å². The largest absolute Gasteiger partial charge is 0.493 e. The Hall–Kier alpha value is -2.86. The summed E-state index contributed by atoms with van der Waals surface area (Å²) in [7, 11) is 0. The van der Waals surface area contributed by atoms with E-state index in [1.807, 2.05) is 28.8 Å². The quantitative estimate of drug-likeness (QED) is 0.317. The zero-order valence-corrected chi connectivity index (χ0v) is 18.0. The van der Waals surface area contributed by atoms with Crippen molar-refractivity contribution in [2.75, 3.05) is 0 Å². The summed E-state index contributed by atoms with van der Waals surface area (Å²) in [6, 6.07) is 14.9. The molecule has 4 aromatic rings. The number of rotatable bonds is 2. The number of aromatic hydroxyl groups is 1. The molecule has 2 N–H and O–H groups in total. The Labute approximate surface area is 185 Å². The highest BCUT2D eigenvalue weighted by atomic mass is 32.1. The highest BCUT2D eigenvalue weighted by Gasteiger charge is 2.35. The third-order valence-electron chi connectivity index (χ3n) is 7.04. The predicted octanol–water partition coefficient (Wildman–Crippen LogP) is 6.39. The summed E-state index contributed by atoms with van der Waals surface area (Å²) in [4.78, 5) is 3.60. The van der Waals surface area contributed by atoms with Crippen LogP contribution in [0.3, 0.4) is 0 Å². The van der Waals surface area contributed by atoms with Crippen molar-refractivity contribution in [1.29, 1.82) is 0 Å². The van der Waals surface area contributed by atoms with E-state index in [9.17, 15) is 9.50 Å². The van der Waals surface area contributed by atoms with Crippen molar-refractivity contribution in [3.63, 3.8) is 0 Å². The van der Waals surface area contributed by atoms with Gasteiger partial charge in [0.2, 0.25) is 5.88 Å². The van der Waals surface area contributed by atoms with Gasteiger partial charge < -0.3 is 14.7 Å². The molecule has 1 unspecified atom stereocenters. The molecule has 2 aliphatic rings. The molecule has 2 aromatic heterocycles. The van der Waals surface area contributed by atoms with E-state index in [0.29, 0.717) is 17.1 Å². The Morgan fingerprint density at radius 1 is 0.968 bits per heavy atom. The van der Waals surface area contributed by atoms with Gasteiger partial charge in [0.1, 0.15) is 11.9 Å². The van der Waals surface area contributed by atoms with Crippen LogP contribution in [0.4, 0.5) is 4.39 Å². The molecule has 0 bridgehead atoms. The maximum Gasteiger partial charge on any atom is 0.214 e. The maximum atomic E-state index is 13.7. The first kappa shape index (κ1) is 18.9. The molecule has 1 aliphatic heterocycles. The summed E-state index contributed by atoms with van der Waals surface area (Å²) >= 11 is 5.97. The van der Waals surface area contributed by atoms with Gasteiger partial charge in [-0.2, -0.15) is 0 Å². The molecule has 158 valence electrons. The SMILES string of the molecule is Oc1c2n(c(=S)n1C1CCCCC1)C(c1ccc(F)cc1)c1[nH]c3ccccc3c1C2. The van der Waals surface area contributed by atoms with Gasteiger partial charge in [-0.05, 0) is 54.4 Å². The van der Waals surface area contributed by atoms with Gasteiger partial charge in [0.15, 0.2) is 4.77 Å². The molecule has 6 rings (SSSR count). The number of para-hydroxylation sites is 1. The van der Waals surface area contributed by atoms with E-state index in [0.717, 1.165) is 53.5 Å². The predicted molar refractivity (Wildman–Crippen MR) is 122 cm³/mol. The zero-order chi connectivity index (χ0) is 21.1. The highest BCUT2D eigenvalue weighted by Crippen LogP contribution is 2.44. The summed E-state index contributed by atoms with van der Waals surface area (Å²) in [5.74, 6) is 0.0304. The second-order valence-corrected chi connectivity index (χ2v) is 9.14. The first-order valence-corrected chi connectivity index (χ1v) is 11.4. The van der Waals surface area contributed by atoms with Crippen LogP contribution in [0.5, 0.6) is 5.88 Å². The molecule has 6 heteroatoms. The molecule has 0 radical (unpaired) electrons. The van der Waals surface area contributed by atoms with E-state index < -0.39 is 0 Å². The molecule has 0 saturated heterocycles. The zero-order valence-electron chi connectivity index (χ0n) is 17.1. The second-order valence-electron chi connectivity index (χ2n) is 8.78. The fraction of sp³-hybridized carbons (Fsp3) is 0.320. The van der Waals surface area contributed by atoms with Gasteiger partial charge in [-0.15, -0.1) is 0 Å². The second kappa shape index (κ2) is 7.09. The van der Waals surface area contributed by atoms with Crippen molar-refractivity contribution in [1.82, 2.24) is 14.1 Å².